The van der Waals surface area contributed by atoms with Gasteiger partial charge in [0.25, 0.3) is 0 Å². The largest absolute Gasteiger partial charge is 0.461 e. The van der Waals surface area contributed by atoms with Crippen LogP contribution in [0.15, 0.2) is 12.7 Å². The van der Waals surface area contributed by atoms with Gasteiger partial charge in [0.15, 0.2) is 0 Å². The van der Waals surface area contributed by atoms with Crippen LogP contribution in [0.3, 0.4) is 0 Å². The van der Waals surface area contributed by atoms with Crippen LogP contribution in [-0.2, 0) is 47.7 Å². The van der Waals surface area contributed by atoms with E-state index in [9.17, 15) is 28.8 Å². The topological polar surface area (TPSA) is 209 Å². The second-order valence-electron chi connectivity index (χ2n) is 13.8. The van der Waals surface area contributed by atoms with Crippen LogP contribution in [0.25, 0.3) is 0 Å². The Morgan fingerprint density at radius 1 is 0.830 bits per heavy atom. The number of fused-ring (bicyclic) bond motifs is 1. The van der Waals surface area contributed by atoms with E-state index in [4.69, 9.17) is 23.7 Å². The van der Waals surface area contributed by atoms with Crippen molar-refractivity contribution in [2.45, 2.75) is 114 Å². The summed E-state index contributed by atoms with van der Waals surface area (Å²) < 4.78 is 26.8. The minimum atomic E-state index is -0.984. The van der Waals surface area contributed by atoms with Crippen molar-refractivity contribution in [2.24, 2.45) is 0 Å². The molecule has 16 nitrogen and oxygen atoms in total. The summed E-state index contributed by atoms with van der Waals surface area (Å²) in [6.45, 7) is 12.1. The lowest BCUT2D eigenvalue weighted by Crippen LogP contribution is -2.47. The van der Waals surface area contributed by atoms with Crippen LogP contribution < -0.4 is 26.6 Å². The van der Waals surface area contributed by atoms with E-state index in [1.54, 1.807) is 20.8 Å². The Bertz CT molecular complexity index is 1170. The third kappa shape index (κ3) is 21.8. The quantitative estimate of drug-likeness (QED) is 0.0320. The molecule has 5 N–H and O–H groups in total. The van der Waals surface area contributed by atoms with E-state index in [-0.39, 0.29) is 56.3 Å². The summed E-state index contributed by atoms with van der Waals surface area (Å²) in [7, 11) is 0. The number of nitrogens with one attached hydrogen (secondary N) is 5. The molecule has 0 unspecified atom stereocenters. The van der Waals surface area contributed by atoms with Crippen molar-refractivity contribution < 1.29 is 52.5 Å². The van der Waals surface area contributed by atoms with E-state index in [0.717, 1.165) is 25.0 Å². The highest BCUT2D eigenvalue weighted by molar-refractivity contribution is 8.00. The summed E-state index contributed by atoms with van der Waals surface area (Å²) in [5, 5.41) is 14.6. The van der Waals surface area contributed by atoms with Gasteiger partial charge in [0.2, 0.25) is 17.7 Å². The van der Waals surface area contributed by atoms with Crippen LogP contribution in [0.5, 0.6) is 0 Å². The lowest BCUT2D eigenvalue weighted by Gasteiger charge is -2.21. The second kappa shape index (κ2) is 26.4. The number of hydrogen-bond donors (Lipinski definition) is 5. The van der Waals surface area contributed by atoms with Gasteiger partial charge in [-0.3, -0.25) is 24.0 Å². The first-order valence-corrected chi connectivity index (χ1v) is 19.7. The van der Waals surface area contributed by atoms with Crippen LogP contribution in [0, 0.1) is 0 Å². The molecule has 2 aliphatic rings. The van der Waals surface area contributed by atoms with Crippen molar-refractivity contribution in [3.63, 3.8) is 0 Å². The Hall–Kier alpha value is -3.41. The summed E-state index contributed by atoms with van der Waals surface area (Å²) >= 11 is 1.89. The van der Waals surface area contributed by atoms with Crippen LogP contribution in [0.1, 0.15) is 85.0 Å². The summed E-state index contributed by atoms with van der Waals surface area (Å²) in [5.41, 5.74) is -0.679. The van der Waals surface area contributed by atoms with Gasteiger partial charge in [-0.1, -0.05) is 19.1 Å². The first-order valence-electron chi connectivity index (χ1n) is 18.6. The smallest absolute Gasteiger partial charge is 0.315 e. The van der Waals surface area contributed by atoms with Gasteiger partial charge in [0.1, 0.15) is 18.2 Å². The molecule has 0 aromatic heterocycles. The van der Waals surface area contributed by atoms with Crippen LogP contribution in [0.4, 0.5) is 4.79 Å². The third-order valence-corrected chi connectivity index (χ3v) is 9.51. The zero-order valence-electron chi connectivity index (χ0n) is 31.6. The third-order valence-electron chi connectivity index (χ3n) is 8.00. The molecule has 2 fully saturated rings. The average molecular weight is 772 g/mol. The predicted octanol–water partition coefficient (Wildman–Crippen LogP) is 1.89. The van der Waals surface area contributed by atoms with E-state index in [1.165, 1.54) is 6.08 Å². The molecule has 4 atom stereocenters. The number of rotatable bonds is 29. The maximum Gasteiger partial charge on any atom is 0.315 e. The van der Waals surface area contributed by atoms with Crippen LogP contribution in [-0.4, -0.2) is 130 Å². The Labute approximate surface area is 317 Å². The molecule has 2 heterocycles. The molecule has 302 valence electrons. The number of amides is 5. The molecule has 0 radical (unpaired) electrons. The van der Waals surface area contributed by atoms with Crippen molar-refractivity contribution in [1.82, 2.24) is 26.6 Å². The number of thioether (sulfide) groups is 1. The van der Waals surface area contributed by atoms with E-state index >= 15 is 0 Å². The van der Waals surface area contributed by atoms with Gasteiger partial charge in [-0.15, -0.1) is 0 Å². The molecule has 17 heteroatoms. The molecule has 0 saturated carbocycles. The molecule has 0 aromatic rings. The molecule has 0 spiro atoms. The standard InChI is InChI=1S/C36H61N5O11S/c1-5-18-51-31(44)15-13-30(43)39-26(12-14-32(45)52-36(2,3)4)34(46)38-17-9-20-49-22-24-50-23-21-48-19-8-16-37-29(42)11-7-6-10-28-33-27(25-53-28)40-35(47)41-33/h5,26-28,33H,1,6-25H2,2-4H3,(H,37,42)(H,38,46)(H,39,43)(H2,40,41,47)/t26-,27-,28-,33-/m0/s1. The van der Waals surface area contributed by atoms with Crippen molar-refractivity contribution >= 4 is 47.5 Å². The number of carbonyl (C=O) groups is 6. The number of ether oxygens (including phenoxy) is 5. The molecular weight excluding hydrogens is 710 g/mol. The predicted molar refractivity (Wildman–Crippen MR) is 199 cm³/mol. The number of unbranched alkanes of at least 4 members (excludes halogenated alkanes) is 1. The number of esters is 2. The zero-order valence-corrected chi connectivity index (χ0v) is 32.5. The summed E-state index contributed by atoms with van der Waals surface area (Å²) in [6, 6.07) is -0.625. The van der Waals surface area contributed by atoms with Crippen molar-refractivity contribution in [3.05, 3.63) is 12.7 Å². The van der Waals surface area contributed by atoms with Gasteiger partial charge < -0.3 is 50.3 Å². The number of carbonyl (C=O) groups excluding carboxylic acids is 6. The summed E-state index contributed by atoms with van der Waals surface area (Å²) in [5.74, 6) is -1.03. The fourth-order valence-electron chi connectivity index (χ4n) is 5.45. The first kappa shape index (κ1) is 45.7. The average Bonchev–Trinajstić information content (AvgIpc) is 3.66. The molecule has 5 amide bonds. The zero-order chi connectivity index (χ0) is 38.9. The van der Waals surface area contributed by atoms with Crippen molar-refractivity contribution in [2.75, 3.05) is 65.1 Å². The fourth-order valence-corrected chi connectivity index (χ4v) is 6.99. The van der Waals surface area contributed by atoms with Crippen LogP contribution >= 0.6 is 11.8 Å². The van der Waals surface area contributed by atoms with Gasteiger partial charge >= 0.3 is 18.0 Å². The minimum Gasteiger partial charge on any atom is -0.461 e. The lowest BCUT2D eigenvalue weighted by molar-refractivity contribution is -0.155. The number of urea groups is 1. The highest BCUT2D eigenvalue weighted by atomic mass is 32.2. The Morgan fingerprint density at radius 3 is 2.15 bits per heavy atom. The van der Waals surface area contributed by atoms with E-state index in [2.05, 4.69) is 33.2 Å². The highest BCUT2D eigenvalue weighted by Gasteiger charge is 2.42. The molecule has 0 aromatic carbocycles. The van der Waals surface area contributed by atoms with Gasteiger partial charge in [-0.25, -0.2) is 4.79 Å². The molecule has 2 aliphatic heterocycles. The fraction of sp³-hybridized carbons (Fsp3) is 0.778. The summed E-state index contributed by atoms with van der Waals surface area (Å²) in [4.78, 5) is 72.7. The molecule has 53 heavy (non-hydrogen) atoms. The molecule has 2 rings (SSSR count). The number of hydrogen-bond acceptors (Lipinski definition) is 12. The van der Waals surface area contributed by atoms with E-state index in [1.807, 2.05) is 11.8 Å². The van der Waals surface area contributed by atoms with Gasteiger partial charge in [-0.2, -0.15) is 11.8 Å². The Morgan fingerprint density at radius 2 is 1.49 bits per heavy atom. The van der Waals surface area contributed by atoms with Crippen molar-refractivity contribution in [1.29, 1.82) is 0 Å². The normalized spacial score (nSPS) is 18.2. The van der Waals surface area contributed by atoms with E-state index in [0.29, 0.717) is 77.2 Å². The summed E-state index contributed by atoms with van der Waals surface area (Å²) in [6.07, 6.45) is 5.58. The van der Waals surface area contributed by atoms with E-state index < -0.39 is 35.4 Å². The van der Waals surface area contributed by atoms with Gasteiger partial charge in [0, 0.05) is 56.6 Å². The van der Waals surface area contributed by atoms with Gasteiger partial charge in [0.05, 0.1) is 44.9 Å². The monoisotopic (exact) mass is 771 g/mol. The molecular formula is C36H61N5O11S. The van der Waals surface area contributed by atoms with Crippen LogP contribution in [0.2, 0.25) is 0 Å². The SMILES string of the molecule is C=CCOC(=O)CCC(=O)N[C@@H](CCC(=O)OC(C)(C)C)C(=O)NCCCOCCOCCOCCCNC(=O)CCCC[C@@H]1SC[C@@H]2NC(=O)N[C@@H]21. The van der Waals surface area contributed by atoms with Crippen molar-refractivity contribution in [3.8, 4) is 0 Å². The first-order chi connectivity index (χ1) is 25.4. The molecule has 2 saturated heterocycles. The molecule has 0 bridgehead atoms. The maximum atomic E-state index is 12.8. The Kier molecular flexibility index (Phi) is 22.8. The lowest BCUT2D eigenvalue weighted by atomic mass is 10.0. The maximum absolute atomic E-state index is 12.8. The second-order valence-corrected chi connectivity index (χ2v) is 15.0. The van der Waals surface area contributed by atoms with Gasteiger partial charge in [-0.05, 0) is 52.9 Å². The minimum absolute atomic E-state index is 0.0333. The Balaban J connectivity index is 1.44. The highest BCUT2D eigenvalue weighted by Crippen LogP contribution is 2.33. The molecule has 0 aliphatic carbocycles.